The molecule has 0 amide bonds. The van der Waals surface area contributed by atoms with E-state index in [4.69, 9.17) is 5.73 Å². The molecule has 17 heavy (non-hydrogen) atoms. The molecule has 4 heteroatoms. The van der Waals surface area contributed by atoms with E-state index < -0.39 is 5.92 Å². The molecule has 1 fully saturated rings. The maximum Gasteiger partial charge on any atom is 0.265 e. The molecule has 1 aromatic carbocycles. The van der Waals surface area contributed by atoms with Gasteiger partial charge in [0.1, 0.15) is 0 Å². The van der Waals surface area contributed by atoms with Gasteiger partial charge in [-0.1, -0.05) is 6.07 Å². The molecular formula is C13H18F2N2. The number of benzene rings is 1. The third-order valence-electron chi connectivity index (χ3n) is 3.30. The zero-order valence-electron chi connectivity index (χ0n) is 10.0. The first-order valence-electron chi connectivity index (χ1n) is 5.94. The Morgan fingerprint density at radius 1 is 1.41 bits per heavy atom. The minimum absolute atomic E-state index is 0.00334. The van der Waals surface area contributed by atoms with Gasteiger partial charge in [0.05, 0.1) is 6.54 Å². The maximum absolute atomic E-state index is 13.3. The fraction of sp³-hybridized carbons (Fsp3) is 0.538. The van der Waals surface area contributed by atoms with Gasteiger partial charge in [0.15, 0.2) is 0 Å². The fourth-order valence-corrected chi connectivity index (χ4v) is 2.29. The van der Waals surface area contributed by atoms with E-state index in [1.165, 1.54) is 0 Å². The molecule has 0 unspecified atom stereocenters. The van der Waals surface area contributed by atoms with Gasteiger partial charge in [-0.2, -0.15) is 0 Å². The molecule has 0 atom stereocenters. The quantitative estimate of drug-likeness (QED) is 0.861. The average molecular weight is 240 g/mol. The van der Waals surface area contributed by atoms with Crippen LogP contribution in [0.4, 0.5) is 14.5 Å². The van der Waals surface area contributed by atoms with Crippen molar-refractivity contribution < 1.29 is 8.78 Å². The van der Waals surface area contributed by atoms with Crippen LogP contribution in [0.1, 0.15) is 24.0 Å². The molecule has 0 saturated carbocycles. The van der Waals surface area contributed by atoms with E-state index in [2.05, 4.69) is 0 Å². The second kappa shape index (κ2) is 4.61. The Labute approximate surface area is 100 Å². The van der Waals surface area contributed by atoms with E-state index in [1.54, 1.807) is 4.90 Å². The van der Waals surface area contributed by atoms with Gasteiger partial charge in [0, 0.05) is 25.2 Å². The van der Waals surface area contributed by atoms with E-state index >= 15 is 0 Å². The Kier molecular flexibility index (Phi) is 3.33. The zero-order chi connectivity index (χ0) is 12.5. The van der Waals surface area contributed by atoms with E-state index in [1.807, 2.05) is 25.1 Å². The Morgan fingerprint density at radius 3 is 2.76 bits per heavy atom. The summed E-state index contributed by atoms with van der Waals surface area (Å²) in [5.41, 5.74) is 8.60. The molecule has 1 aliphatic heterocycles. The summed E-state index contributed by atoms with van der Waals surface area (Å²) in [6, 6.07) is 5.76. The van der Waals surface area contributed by atoms with Gasteiger partial charge >= 0.3 is 0 Å². The lowest BCUT2D eigenvalue weighted by Crippen LogP contribution is -2.42. The SMILES string of the molecule is Cc1cc(N2CCCC(F)(F)C2)ccc1CN. The van der Waals surface area contributed by atoms with Gasteiger partial charge < -0.3 is 10.6 Å². The molecule has 1 saturated heterocycles. The van der Waals surface area contributed by atoms with Crippen LogP contribution in [0.25, 0.3) is 0 Å². The number of nitrogens with two attached hydrogens (primary N) is 1. The number of halogens is 2. The Balaban J connectivity index is 2.19. The van der Waals surface area contributed by atoms with E-state index in [0.29, 0.717) is 19.5 Å². The Morgan fingerprint density at radius 2 is 2.18 bits per heavy atom. The molecule has 2 N–H and O–H groups in total. The summed E-state index contributed by atoms with van der Waals surface area (Å²) < 4.78 is 26.6. The first-order chi connectivity index (χ1) is 8.02. The molecule has 94 valence electrons. The van der Waals surface area contributed by atoms with Crippen LogP contribution in [0.3, 0.4) is 0 Å². The van der Waals surface area contributed by atoms with Crippen LogP contribution < -0.4 is 10.6 Å². The number of alkyl halides is 2. The summed E-state index contributed by atoms with van der Waals surface area (Å²) in [4.78, 5) is 1.76. The van der Waals surface area contributed by atoms with Crippen molar-refractivity contribution >= 4 is 5.69 Å². The normalized spacial score (nSPS) is 19.4. The molecule has 2 nitrogen and oxygen atoms in total. The predicted octanol–water partition coefficient (Wildman–Crippen LogP) is 2.69. The van der Waals surface area contributed by atoms with Gasteiger partial charge in [0.2, 0.25) is 0 Å². The topological polar surface area (TPSA) is 29.3 Å². The number of piperidine rings is 1. The number of hydrogen-bond donors (Lipinski definition) is 1. The van der Waals surface area contributed by atoms with Crippen molar-refractivity contribution in [1.82, 2.24) is 0 Å². The lowest BCUT2D eigenvalue weighted by atomic mass is 10.0. The number of aryl methyl sites for hydroxylation is 1. The summed E-state index contributed by atoms with van der Waals surface area (Å²) >= 11 is 0. The molecule has 1 aliphatic rings. The molecule has 0 spiro atoms. The number of anilines is 1. The van der Waals surface area contributed by atoms with Crippen molar-refractivity contribution in [2.45, 2.75) is 32.2 Å². The van der Waals surface area contributed by atoms with Crippen LogP contribution in [0.15, 0.2) is 18.2 Å². The molecule has 2 rings (SSSR count). The van der Waals surface area contributed by atoms with Crippen molar-refractivity contribution in [3.8, 4) is 0 Å². The Hall–Kier alpha value is -1.16. The van der Waals surface area contributed by atoms with E-state index in [-0.39, 0.29) is 13.0 Å². The average Bonchev–Trinajstić information content (AvgIpc) is 2.27. The van der Waals surface area contributed by atoms with Crippen LogP contribution in [-0.4, -0.2) is 19.0 Å². The fourth-order valence-electron chi connectivity index (χ4n) is 2.29. The van der Waals surface area contributed by atoms with Crippen molar-refractivity contribution in [2.24, 2.45) is 5.73 Å². The number of hydrogen-bond acceptors (Lipinski definition) is 2. The van der Waals surface area contributed by atoms with E-state index in [0.717, 1.165) is 16.8 Å². The zero-order valence-corrected chi connectivity index (χ0v) is 10.0. The van der Waals surface area contributed by atoms with Crippen LogP contribution in [-0.2, 0) is 6.54 Å². The number of rotatable bonds is 2. The highest BCUT2D eigenvalue weighted by atomic mass is 19.3. The van der Waals surface area contributed by atoms with Gasteiger partial charge in [-0.3, -0.25) is 0 Å². The van der Waals surface area contributed by atoms with Gasteiger partial charge in [0.25, 0.3) is 5.92 Å². The Bertz CT molecular complexity index is 404. The van der Waals surface area contributed by atoms with Crippen molar-refractivity contribution in [3.63, 3.8) is 0 Å². The van der Waals surface area contributed by atoms with Crippen LogP contribution in [0.5, 0.6) is 0 Å². The lowest BCUT2D eigenvalue weighted by molar-refractivity contribution is -0.0116. The number of nitrogens with zero attached hydrogens (tertiary/aromatic N) is 1. The van der Waals surface area contributed by atoms with Crippen molar-refractivity contribution in [3.05, 3.63) is 29.3 Å². The first kappa shape index (κ1) is 12.3. The van der Waals surface area contributed by atoms with Gasteiger partial charge in [-0.25, -0.2) is 8.78 Å². The third kappa shape index (κ3) is 2.75. The third-order valence-corrected chi connectivity index (χ3v) is 3.30. The van der Waals surface area contributed by atoms with Crippen molar-refractivity contribution in [2.75, 3.05) is 18.0 Å². The standard InChI is InChI=1S/C13H18F2N2/c1-10-7-12(4-3-11(10)8-16)17-6-2-5-13(14,15)9-17/h3-4,7H,2,5-6,8-9,16H2,1H3. The first-order valence-corrected chi connectivity index (χ1v) is 5.94. The molecular weight excluding hydrogens is 222 g/mol. The summed E-state index contributed by atoms with van der Waals surface area (Å²) in [6.07, 6.45) is 0.550. The lowest BCUT2D eigenvalue weighted by Gasteiger charge is -2.34. The largest absolute Gasteiger partial charge is 0.365 e. The van der Waals surface area contributed by atoms with E-state index in [9.17, 15) is 8.78 Å². The smallest absolute Gasteiger partial charge is 0.265 e. The molecule has 0 aromatic heterocycles. The predicted molar refractivity (Wildman–Crippen MR) is 65.5 cm³/mol. The summed E-state index contributed by atoms with van der Waals surface area (Å²) in [5, 5.41) is 0. The van der Waals surface area contributed by atoms with Crippen LogP contribution in [0, 0.1) is 6.92 Å². The minimum atomic E-state index is -2.56. The highest BCUT2D eigenvalue weighted by molar-refractivity contribution is 5.51. The van der Waals surface area contributed by atoms with Crippen LogP contribution in [0.2, 0.25) is 0 Å². The second-order valence-electron chi connectivity index (χ2n) is 4.70. The molecule has 0 bridgehead atoms. The summed E-state index contributed by atoms with van der Waals surface area (Å²) in [6.45, 7) is 2.99. The highest BCUT2D eigenvalue weighted by Crippen LogP contribution is 2.30. The van der Waals surface area contributed by atoms with Crippen molar-refractivity contribution in [1.29, 1.82) is 0 Å². The van der Waals surface area contributed by atoms with Crippen LogP contribution >= 0.6 is 0 Å². The van der Waals surface area contributed by atoms with Gasteiger partial charge in [-0.05, 0) is 36.6 Å². The van der Waals surface area contributed by atoms with Gasteiger partial charge in [-0.15, -0.1) is 0 Å². The molecule has 1 heterocycles. The summed E-state index contributed by atoms with van der Waals surface area (Å²) in [5.74, 6) is -2.56. The highest BCUT2D eigenvalue weighted by Gasteiger charge is 2.35. The minimum Gasteiger partial charge on any atom is -0.365 e. The molecule has 1 aromatic rings. The molecule has 0 aliphatic carbocycles. The maximum atomic E-state index is 13.3. The summed E-state index contributed by atoms with van der Waals surface area (Å²) in [7, 11) is 0. The molecule has 0 radical (unpaired) electrons. The second-order valence-corrected chi connectivity index (χ2v) is 4.70. The monoisotopic (exact) mass is 240 g/mol.